The number of rotatable bonds is 4. The van der Waals surface area contributed by atoms with E-state index in [1.165, 1.54) is 6.26 Å². The number of carbonyl (C=O) groups excluding carboxylic acids is 1. The summed E-state index contributed by atoms with van der Waals surface area (Å²) in [4.78, 5) is 13.1. The third-order valence-corrected chi connectivity index (χ3v) is 6.57. The smallest absolute Gasteiger partial charge is 0.225 e. The molecule has 2 unspecified atom stereocenters. The van der Waals surface area contributed by atoms with Crippen molar-refractivity contribution in [2.75, 3.05) is 6.26 Å². The van der Waals surface area contributed by atoms with Crippen molar-refractivity contribution in [2.45, 2.75) is 50.2 Å². The van der Waals surface area contributed by atoms with Crippen LogP contribution in [0.4, 0.5) is 0 Å². The topological polar surface area (TPSA) is 66.5 Å². The minimum Gasteiger partial charge on any atom is -0.353 e. The van der Waals surface area contributed by atoms with E-state index in [-0.39, 0.29) is 24.0 Å². The van der Waals surface area contributed by atoms with Gasteiger partial charge in [-0.2, -0.15) is 4.31 Å². The molecule has 5 nitrogen and oxygen atoms in total. The van der Waals surface area contributed by atoms with Crippen molar-refractivity contribution >= 4 is 27.3 Å². The van der Waals surface area contributed by atoms with Gasteiger partial charge in [-0.3, -0.25) is 4.79 Å². The minimum absolute atomic E-state index is 0.0367. The van der Waals surface area contributed by atoms with E-state index in [1.807, 2.05) is 17.5 Å². The van der Waals surface area contributed by atoms with Gasteiger partial charge in [0.1, 0.15) is 0 Å². The minimum atomic E-state index is -3.13. The molecular weight excluding hydrogens is 308 g/mol. The van der Waals surface area contributed by atoms with Gasteiger partial charge in [0, 0.05) is 23.0 Å². The Morgan fingerprint density at radius 3 is 2.57 bits per heavy atom. The normalized spacial score (nSPS) is 29.5. The van der Waals surface area contributed by atoms with E-state index < -0.39 is 10.0 Å². The first-order valence-corrected chi connectivity index (χ1v) is 9.96. The van der Waals surface area contributed by atoms with Crippen LogP contribution in [0.1, 0.15) is 30.6 Å². The lowest BCUT2D eigenvalue weighted by molar-refractivity contribution is -0.121. The van der Waals surface area contributed by atoms with Crippen molar-refractivity contribution in [3.05, 3.63) is 22.4 Å². The number of amides is 1. The Kier molecular flexibility index (Phi) is 4.07. The number of sulfonamides is 1. The molecule has 116 valence electrons. The Hall–Kier alpha value is -0.920. The fourth-order valence-corrected chi connectivity index (χ4v) is 5.81. The maximum absolute atomic E-state index is 12.1. The molecule has 3 rings (SSSR count). The van der Waals surface area contributed by atoms with Gasteiger partial charge < -0.3 is 5.32 Å². The predicted molar refractivity (Wildman–Crippen MR) is 82.7 cm³/mol. The Morgan fingerprint density at radius 2 is 2.05 bits per heavy atom. The first-order valence-electron chi connectivity index (χ1n) is 7.24. The lowest BCUT2D eigenvalue weighted by Gasteiger charge is -2.37. The highest BCUT2D eigenvalue weighted by Crippen LogP contribution is 2.37. The van der Waals surface area contributed by atoms with E-state index in [0.29, 0.717) is 6.42 Å². The Labute approximate surface area is 129 Å². The number of nitrogens with one attached hydrogen (secondary N) is 1. The van der Waals surface area contributed by atoms with Gasteiger partial charge in [0.15, 0.2) is 0 Å². The summed E-state index contributed by atoms with van der Waals surface area (Å²) >= 11 is 1.58. The Balaban J connectivity index is 1.59. The monoisotopic (exact) mass is 328 g/mol. The molecule has 1 aromatic heterocycles. The summed E-state index contributed by atoms with van der Waals surface area (Å²) in [6.07, 6.45) is 5.00. The number of hydrogen-bond acceptors (Lipinski definition) is 4. The zero-order chi connectivity index (χ0) is 15.0. The van der Waals surface area contributed by atoms with Crippen LogP contribution < -0.4 is 5.32 Å². The highest BCUT2D eigenvalue weighted by molar-refractivity contribution is 7.88. The largest absolute Gasteiger partial charge is 0.353 e. The SMILES string of the molecule is CS(=O)(=O)N1C2CCC1CC(NC(=O)Cc1cccs1)C2. The van der Waals surface area contributed by atoms with Gasteiger partial charge >= 0.3 is 0 Å². The van der Waals surface area contributed by atoms with Gasteiger partial charge in [-0.05, 0) is 37.1 Å². The number of carbonyl (C=O) groups is 1. The maximum Gasteiger partial charge on any atom is 0.225 e. The first kappa shape index (κ1) is 15.0. The molecule has 1 aromatic rings. The molecule has 1 amide bonds. The van der Waals surface area contributed by atoms with E-state index in [2.05, 4.69) is 5.32 Å². The Morgan fingerprint density at radius 1 is 1.38 bits per heavy atom. The van der Waals surface area contributed by atoms with Gasteiger partial charge in [0.25, 0.3) is 0 Å². The summed E-state index contributed by atoms with van der Waals surface area (Å²) in [5, 5.41) is 5.04. The summed E-state index contributed by atoms with van der Waals surface area (Å²) in [6, 6.07) is 4.13. The molecule has 0 saturated carbocycles. The lowest BCUT2D eigenvalue weighted by Crippen LogP contribution is -2.52. The molecule has 0 spiro atoms. The Bertz CT molecular complexity index is 598. The first-order chi connectivity index (χ1) is 9.93. The van der Waals surface area contributed by atoms with Crippen LogP contribution in [0.5, 0.6) is 0 Å². The number of hydrogen-bond donors (Lipinski definition) is 1. The summed E-state index contributed by atoms with van der Waals surface area (Å²) in [5.41, 5.74) is 0. The molecule has 1 N–H and O–H groups in total. The van der Waals surface area contributed by atoms with Gasteiger partial charge in [0.2, 0.25) is 15.9 Å². The standard InChI is InChI=1S/C14H20N2O3S2/c1-21(18,19)16-11-4-5-12(16)8-10(7-11)15-14(17)9-13-3-2-6-20-13/h2-3,6,10-12H,4-5,7-9H2,1H3,(H,15,17). The number of thiophene rings is 1. The van der Waals surface area contributed by atoms with Gasteiger partial charge in [-0.15, -0.1) is 11.3 Å². The quantitative estimate of drug-likeness (QED) is 0.907. The molecule has 2 fully saturated rings. The molecule has 0 radical (unpaired) electrons. The second kappa shape index (κ2) is 5.70. The predicted octanol–water partition coefficient (Wildman–Crippen LogP) is 1.36. The molecule has 0 aromatic carbocycles. The van der Waals surface area contributed by atoms with E-state index >= 15 is 0 Å². The summed E-state index contributed by atoms with van der Waals surface area (Å²) in [6.45, 7) is 0. The summed E-state index contributed by atoms with van der Waals surface area (Å²) in [7, 11) is -3.13. The molecule has 3 heterocycles. The number of nitrogens with zero attached hydrogens (tertiary/aromatic N) is 1. The van der Waals surface area contributed by atoms with Crippen LogP contribution in [0.3, 0.4) is 0 Å². The van der Waals surface area contributed by atoms with Crippen LogP contribution in [-0.2, 0) is 21.2 Å². The van der Waals surface area contributed by atoms with Crippen molar-refractivity contribution < 1.29 is 13.2 Å². The zero-order valence-corrected chi connectivity index (χ0v) is 13.6. The average Bonchev–Trinajstić information content (AvgIpc) is 2.95. The second-order valence-electron chi connectivity index (χ2n) is 5.97. The van der Waals surface area contributed by atoms with Gasteiger partial charge in [-0.25, -0.2) is 8.42 Å². The van der Waals surface area contributed by atoms with Gasteiger partial charge in [-0.1, -0.05) is 6.07 Å². The third kappa shape index (κ3) is 3.30. The molecule has 2 aliphatic heterocycles. The van der Waals surface area contributed by atoms with E-state index in [9.17, 15) is 13.2 Å². The lowest BCUT2D eigenvalue weighted by atomic mass is 9.99. The van der Waals surface area contributed by atoms with E-state index in [4.69, 9.17) is 0 Å². The summed E-state index contributed by atoms with van der Waals surface area (Å²) < 4.78 is 25.3. The van der Waals surface area contributed by atoms with Crippen molar-refractivity contribution in [2.24, 2.45) is 0 Å². The fourth-order valence-electron chi connectivity index (χ4n) is 3.64. The van der Waals surface area contributed by atoms with Crippen LogP contribution in [0, 0.1) is 0 Å². The van der Waals surface area contributed by atoms with Crippen molar-refractivity contribution in [3.8, 4) is 0 Å². The molecule has 2 atom stereocenters. The van der Waals surface area contributed by atoms with E-state index in [0.717, 1.165) is 30.6 Å². The van der Waals surface area contributed by atoms with Crippen LogP contribution in [0.15, 0.2) is 17.5 Å². The third-order valence-electron chi connectivity index (χ3n) is 4.33. The molecule has 21 heavy (non-hydrogen) atoms. The van der Waals surface area contributed by atoms with Crippen LogP contribution >= 0.6 is 11.3 Å². The van der Waals surface area contributed by atoms with Gasteiger partial charge in [0.05, 0.1) is 12.7 Å². The van der Waals surface area contributed by atoms with Crippen molar-refractivity contribution in [1.82, 2.24) is 9.62 Å². The maximum atomic E-state index is 12.1. The van der Waals surface area contributed by atoms with Crippen molar-refractivity contribution in [1.29, 1.82) is 0 Å². The number of fused-ring (bicyclic) bond motifs is 2. The van der Waals surface area contributed by atoms with Crippen molar-refractivity contribution in [3.63, 3.8) is 0 Å². The molecule has 7 heteroatoms. The highest BCUT2D eigenvalue weighted by atomic mass is 32.2. The van der Waals surface area contributed by atoms with E-state index in [1.54, 1.807) is 15.6 Å². The fraction of sp³-hybridized carbons (Fsp3) is 0.643. The second-order valence-corrected chi connectivity index (χ2v) is 8.89. The van der Waals surface area contributed by atoms with Crippen LogP contribution in [-0.4, -0.2) is 43.0 Å². The van der Waals surface area contributed by atoms with Crippen LogP contribution in [0.2, 0.25) is 0 Å². The molecule has 2 aliphatic rings. The van der Waals surface area contributed by atoms with Crippen LogP contribution in [0.25, 0.3) is 0 Å². The molecule has 0 aliphatic carbocycles. The highest BCUT2D eigenvalue weighted by Gasteiger charge is 2.45. The number of piperidine rings is 1. The summed E-state index contributed by atoms with van der Waals surface area (Å²) in [5.74, 6) is 0.0367. The zero-order valence-electron chi connectivity index (χ0n) is 12.0. The molecule has 2 saturated heterocycles. The molecule has 2 bridgehead atoms. The average molecular weight is 328 g/mol. The molecular formula is C14H20N2O3S2.